The van der Waals surface area contributed by atoms with Crippen molar-refractivity contribution in [2.24, 2.45) is 7.05 Å². The van der Waals surface area contributed by atoms with E-state index in [4.69, 9.17) is 4.74 Å². The van der Waals surface area contributed by atoms with Crippen LogP contribution in [0.3, 0.4) is 0 Å². The lowest BCUT2D eigenvalue weighted by Gasteiger charge is -2.17. The first-order valence-electron chi connectivity index (χ1n) is 10.1. The third kappa shape index (κ3) is 4.37. The van der Waals surface area contributed by atoms with Crippen LogP contribution in [0.1, 0.15) is 28.6 Å². The number of nitrogens with zero attached hydrogens (tertiary/aromatic N) is 3. The molecule has 0 bridgehead atoms. The number of nitrogens with one attached hydrogen (secondary N) is 1. The Balaban J connectivity index is 0.00000306. The Bertz CT molecular complexity index is 1320. The highest BCUT2D eigenvalue weighted by atomic mass is 19.1. The van der Waals surface area contributed by atoms with E-state index >= 15 is 0 Å². The predicted octanol–water partition coefficient (Wildman–Crippen LogP) is 5.84. The summed E-state index contributed by atoms with van der Waals surface area (Å²) in [7, 11) is 1.84. The topological polar surface area (TPSA) is 69.0 Å². The lowest BCUT2D eigenvalue weighted by atomic mass is 9.97. The summed E-state index contributed by atoms with van der Waals surface area (Å²) in [6.07, 6.45) is 3.64. The van der Waals surface area contributed by atoms with Crippen molar-refractivity contribution in [2.75, 3.05) is 5.32 Å². The van der Waals surface area contributed by atoms with Crippen molar-refractivity contribution in [1.29, 1.82) is 0 Å². The first kappa shape index (κ1) is 21.2. The second kappa shape index (κ2) is 8.63. The van der Waals surface area contributed by atoms with Crippen LogP contribution < -0.4 is 10.1 Å². The predicted molar refractivity (Wildman–Crippen MR) is 124 cm³/mol. The van der Waals surface area contributed by atoms with E-state index in [9.17, 15) is 9.18 Å². The van der Waals surface area contributed by atoms with Crippen molar-refractivity contribution >= 4 is 11.6 Å². The summed E-state index contributed by atoms with van der Waals surface area (Å²) in [6, 6.07) is 13.9. The first-order valence-corrected chi connectivity index (χ1v) is 10.1. The minimum atomic E-state index is -0.588. The molecule has 0 aliphatic carbocycles. The number of benzene rings is 2. The van der Waals surface area contributed by atoms with Gasteiger partial charge in [0.15, 0.2) is 0 Å². The zero-order chi connectivity index (χ0) is 22.8. The number of halogens is 1. The van der Waals surface area contributed by atoms with Gasteiger partial charge in [-0.3, -0.25) is 9.48 Å². The van der Waals surface area contributed by atoms with Crippen LogP contribution in [0.4, 0.5) is 10.1 Å². The van der Waals surface area contributed by atoms with Crippen molar-refractivity contribution < 1.29 is 15.3 Å². The van der Waals surface area contributed by atoms with Gasteiger partial charge >= 0.3 is 0 Å². The van der Waals surface area contributed by atoms with Crippen molar-refractivity contribution in [2.45, 2.75) is 20.8 Å². The van der Waals surface area contributed by atoms with E-state index < -0.39 is 5.95 Å². The Labute approximate surface area is 187 Å². The van der Waals surface area contributed by atoms with E-state index in [0.29, 0.717) is 28.4 Å². The quantitative estimate of drug-likeness (QED) is 0.403. The average Bonchev–Trinajstić information content (AvgIpc) is 3.16. The van der Waals surface area contributed by atoms with E-state index in [2.05, 4.69) is 15.4 Å². The third-order valence-corrected chi connectivity index (χ3v) is 5.17. The summed E-state index contributed by atoms with van der Waals surface area (Å²) in [6.45, 7) is 5.49. The third-order valence-electron chi connectivity index (χ3n) is 5.17. The number of hydrogen-bond donors (Lipinski definition) is 1. The number of carbonyl (C=O) groups excluding carboxylic acids is 1. The number of hydrogen-bond acceptors (Lipinski definition) is 4. The summed E-state index contributed by atoms with van der Waals surface area (Å²) in [5.74, 6) is -0.154. The zero-order valence-corrected chi connectivity index (χ0v) is 18.3. The van der Waals surface area contributed by atoms with Crippen molar-refractivity contribution in [1.82, 2.24) is 14.8 Å². The SMILES string of the molecule is Cc1cccc(NC(=O)c2c(Oc3ccc(F)nc3C)ccc(-c3cnn(C)c3)c2C)c1.[HH]. The molecule has 164 valence electrons. The van der Waals surface area contributed by atoms with Gasteiger partial charge in [0.05, 0.1) is 17.5 Å². The van der Waals surface area contributed by atoms with Crippen LogP contribution in [0.5, 0.6) is 11.5 Å². The van der Waals surface area contributed by atoms with E-state index in [1.54, 1.807) is 23.9 Å². The van der Waals surface area contributed by atoms with E-state index in [1.165, 1.54) is 12.1 Å². The summed E-state index contributed by atoms with van der Waals surface area (Å²) in [5, 5.41) is 7.20. The Morgan fingerprint density at radius 3 is 2.56 bits per heavy atom. The van der Waals surface area contributed by atoms with Gasteiger partial charge in [0.25, 0.3) is 5.91 Å². The molecule has 0 unspecified atom stereocenters. The van der Waals surface area contributed by atoms with Crippen LogP contribution in [0.15, 0.2) is 60.9 Å². The number of ether oxygens (including phenoxy) is 1. The summed E-state index contributed by atoms with van der Waals surface area (Å²) in [5.41, 5.74) is 5.00. The molecule has 2 aromatic carbocycles. The molecule has 0 saturated heterocycles. The van der Waals surface area contributed by atoms with Crippen LogP contribution in [0, 0.1) is 26.7 Å². The molecule has 1 N–H and O–H groups in total. The van der Waals surface area contributed by atoms with E-state index in [1.807, 2.05) is 57.4 Å². The number of pyridine rings is 1. The van der Waals surface area contributed by atoms with Gasteiger partial charge in [-0.15, -0.1) is 0 Å². The second-order valence-electron chi connectivity index (χ2n) is 7.66. The fraction of sp³-hybridized carbons (Fsp3) is 0.160. The number of aryl methyl sites for hydroxylation is 3. The highest BCUT2D eigenvalue weighted by Crippen LogP contribution is 2.35. The van der Waals surface area contributed by atoms with Crippen LogP contribution >= 0.6 is 0 Å². The summed E-state index contributed by atoms with van der Waals surface area (Å²) >= 11 is 0. The molecule has 2 aromatic heterocycles. The Morgan fingerprint density at radius 1 is 1.09 bits per heavy atom. The molecule has 2 heterocycles. The highest BCUT2D eigenvalue weighted by Gasteiger charge is 2.21. The minimum absolute atomic E-state index is 0. The summed E-state index contributed by atoms with van der Waals surface area (Å²) < 4.78 is 21.2. The van der Waals surface area contributed by atoms with Gasteiger partial charge in [0.2, 0.25) is 5.95 Å². The second-order valence-corrected chi connectivity index (χ2v) is 7.66. The first-order chi connectivity index (χ1) is 15.3. The molecular weight excluding hydrogens is 407 g/mol. The Hall–Kier alpha value is -4.00. The molecule has 0 aliphatic rings. The van der Waals surface area contributed by atoms with Gasteiger partial charge in [-0.1, -0.05) is 18.2 Å². The molecule has 0 aliphatic heterocycles. The molecule has 7 heteroatoms. The Kier molecular flexibility index (Phi) is 5.73. The molecule has 4 rings (SSSR count). The average molecular weight is 432 g/mol. The number of amides is 1. The highest BCUT2D eigenvalue weighted by molar-refractivity contribution is 6.08. The maximum atomic E-state index is 13.4. The van der Waals surface area contributed by atoms with Gasteiger partial charge in [-0.25, -0.2) is 4.98 Å². The standard InChI is InChI=1S/C25H23FN4O2.H2/c1-15-6-5-7-19(12-15)29-25(31)24-16(2)20(18-13-27-30(4)14-18)8-9-22(24)32-21-10-11-23(26)28-17(21)3;/h5-14H,1-4H3,(H,29,31);1H. The smallest absolute Gasteiger partial charge is 0.259 e. The van der Waals surface area contributed by atoms with Crippen molar-refractivity contribution in [3.05, 3.63) is 89.3 Å². The van der Waals surface area contributed by atoms with Gasteiger partial charge in [-0.05, 0) is 67.8 Å². The van der Waals surface area contributed by atoms with Crippen LogP contribution in [-0.2, 0) is 7.05 Å². The van der Waals surface area contributed by atoms with Crippen molar-refractivity contribution in [3.63, 3.8) is 0 Å². The zero-order valence-electron chi connectivity index (χ0n) is 18.3. The van der Waals surface area contributed by atoms with Crippen molar-refractivity contribution in [3.8, 4) is 22.6 Å². The fourth-order valence-corrected chi connectivity index (χ4v) is 3.59. The molecule has 0 fully saturated rings. The molecule has 32 heavy (non-hydrogen) atoms. The monoisotopic (exact) mass is 432 g/mol. The maximum absolute atomic E-state index is 13.4. The largest absolute Gasteiger partial charge is 0.455 e. The Morgan fingerprint density at radius 2 is 1.88 bits per heavy atom. The van der Waals surface area contributed by atoms with E-state index in [0.717, 1.165) is 22.3 Å². The van der Waals surface area contributed by atoms with E-state index in [-0.39, 0.29) is 7.33 Å². The number of aromatic nitrogens is 3. The molecule has 0 saturated carbocycles. The molecule has 0 atom stereocenters. The fourth-order valence-electron chi connectivity index (χ4n) is 3.59. The molecule has 6 nitrogen and oxygen atoms in total. The molecule has 1 amide bonds. The van der Waals surface area contributed by atoms with Gasteiger partial charge in [0, 0.05) is 25.9 Å². The maximum Gasteiger partial charge on any atom is 0.259 e. The summed E-state index contributed by atoms with van der Waals surface area (Å²) in [4.78, 5) is 17.2. The number of rotatable bonds is 5. The minimum Gasteiger partial charge on any atom is -0.455 e. The van der Waals surface area contributed by atoms with Gasteiger partial charge in [-0.2, -0.15) is 9.49 Å². The van der Waals surface area contributed by atoms with Crippen LogP contribution in [-0.4, -0.2) is 20.7 Å². The lowest BCUT2D eigenvalue weighted by Crippen LogP contribution is -2.15. The number of anilines is 1. The molecule has 4 aromatic rings. The lowest BCUT2D eigenvalue weighted by molar-refractivity contribution is 0.102. The van der Waals surface area contributed by atoms with Crippen LogP contribution in [0.25, 0.3) is 11.1 Å². The van der Waals surface area contributed by atoms with Gasteiger partial charge in [0.1, 0.15) is 11.5 Å². The number of carbonyl (C=O) groups is 1. The van der Waals surface area contributed by atoms with Gasteiger partial charge < -0.3 is 10.1 Å². The molecule has 0 radical (unpaired) electrons. The molecular formula is C25H25FN4O2. The molecule has 0 spiro atoms. The normalized spacial score (nSPS) is 10.8. The van der Waals surface area contributed by atoms with Crippen LogP contribution in [0.2, 0.25) is 0 Å².